The molecule has 0 radical (unpaired) electrons. The normalized spacial score (nSPS) is 27.9. The molecular formula is C36H58N8O18S2. The number of carbonyl (C=O) groups is 4. The average Bonchev–Trinajstić information content (AvgIpc) is 3.89. The highest BCUT2D eigenvalue weighted by Crippen LogP contribution is 2.45. The number of aliphatic hydroxyl groups excluding tert-OH is 6. The van der Waals surface area contributed by atoms with Gasteiger partial charge in [0, 0.05) is 52.6 Å². The van der Waals surface area contributed by atoms with E-state index in [1.807, 2.05) is 0 Å². The summed E-state index contributed by atoms with van der Waals surface area (Å²) in [6, 6.07) is 0. The number of carboxylic acids is 2. The zero-order valence-electron chi connectivity index (χ0n) is 35.2. The summed E-state index contributed by atoms with van der Waals surface area (Å²) in [5.74, 6) is -3.90. The molecule has 4 rings (SSSR count). The summed E-state index contributed by atoms with van der Waals surface area (Å²) in [5.41, 5.74) is -3.15. The molecule has 4 heterocycles. The van der Waals surface area contributed by atoms with Gasteiger partial charge in [0.05, 0.1) is 64.2 Å². The Kier molecular flexibility index (Phi) is 19.6. The lowest BCUT2D eigenvalue weighted by atomic mass is 9.89. The Hall–Kier alpha value is -3.62. The van der Waals surface area contributed by atoms with E-state index in [2.05, 4.69) is 31.3 Å². The van der Waals surface area contributed by atoms with Gasteiger partial charge in [-0.2, -0.15) is 0 Å². The van der Waals surface area contributed by atoms with Crippen molar-refractivity contribution in [2.75, 3.05) is 37.9 Å². The highest BCUT2D eigenvalue weighted by atomic mass is 32.2. The molecule has 2 aromatic rings. The summed E-state index contributed by atoms with van der Waals surface area (Å²) in [7, 11) is 0. The van der Waals surface area contributed by atoms with Crippen molar-refractivity contribution in [2.45, 2.75) is 137 Å². The minimum absolute atomic E-state index is 0.111. The van der Waals surface area contributed by atoms with E-state index in [9.17, 15) is 70.2 Å². The van der Waals surface area contributed by atoms with Gasteiger partial charge in [0.1, 0.15) is 47.3 Å². The lowest BCUT2D eigenvalue weighted by Gasteiger charge is -2.47. The summed E-state index contributed by atoms with van der Waals surface area (Å²) >= 11 is 1.65. The number of carboxylic acid groups (broad SMARTS) is 2. The number of hydrogen-bond donors (Lipinski definition) is 12. The van der Waals surface area contributed by atoms with Crippen molar-refractivity contribution in [1.29, 1.82) is 0 Å². The van der Waals surface area contributed by atoms with E-state index in [0.29, 0.717) is 37.3 Å². The second-order valence-electron chi connectivity index (χ2n) is 15.6. The van der Waals surface area contributed by atoms with Crippen molar-refractivity contribution >= 4 is 47.3 Å². The second kappa shape index (κ2) is 23.7. The first-order valence-electron chi connectivity index (χ1n) is 20.2. The van der Waals surface area contributed by atoms with E-state index < -0.39 is 121 Å². The minimum Gasteiger partial charge on any atom is -0.478 e. The Morgan fingerprint density at radius 2 is 1.11 bits per heavy atom. The summed E-state index contributed by atoms with van der Waals surface area (Å²) in [5, 5.41) is 123. The molecule has 0 aromatic carbocycles. The number of rotatable bonds is 27. The largest absolute Gasteiger partial charge is 0.478 e. The predicted molar refractivity (Wildman–Crippen MR) is 218 cm³/mol. The van der Waals surface area contributed by atoms with Crippen LogP contribution >= 0.6 is 23.5 Å². The quantitative estimate of drug-likeness (QED) is 0.0299. The van der Waals surface area contributed by atoms with Gasteiger partial charge in [0.25, 0.3) is 0 Å². The maximum Gasteiger partial charge on any atom is 0.346 e. The van der Waals surface area contributed by atoms with E-state index in [1.54, 1.807) is 12.4 Å². The number of aryl methyl sites for hydroxylation is 2. The first kappa shape index (κ1) is 53.0. The van der Waals surface area contributed by atoms with Crippen LogP contribution in [0, 0.1) is 0 Å². The summed E-state index contributed by atoms with van der Waals surface area (Å²) < 4.78 is 25.8. The van der Waals surface area contributed by atoms with Crippen LogP contribution in [-0.2, 0) is 64.4 Å². The van der Waals surface area contributed by atoms with Crippen molar-refractivity contribution < 1.29 is 89.2 Å². The van der Waals surface area contributed by atoms with Crippen LogP contribution in [0.3, 0.4) is 0 Å². The summed E-state index contributed by atoms with van der Waals surface area (Å²) in [4.78, 5) is 44.4. The highest BCUT2D eigenvalue weighted by Gasteiger charge is 2.57. The molecule has 28 heteroatoms. The van der Waals surface area contributed by atoms with E-state index in [0.717, 1.165) is 37.4 Å². The van der Waals surface area contributed by atoms with Crippen LogP contribution in [0.15, 0.2) is 12.4 Å². The molecule has 2 amide bonds. The van der Waals surface area contributed by atoms with E-state index in [4.69, 9.17) is 18.9 Å². The van der Waals surface area contributed by atoms with Crippen molar-refractivity contribution in [3.05, 3.63) is 23.8 Å². The molecule has 0 bridgehead atoms. The molecule has 2 fully saturated rings. The SMILES string of the molecule is CC(=O)N[C@@]1(O)C[C@H](C(O)C(O)CO)O[C@](SCCCn2cc(COCCOCc3cn(CCCS[C@@]4(C(=O)O)C[C@@](O)(NC(C)=O)C[C@H](C(O)C(O)CO)O4)nn3)nn2)(C(=O)O)C1. The lowest BCUT2D eigenvalue weighted by Crippen LogP contribution is -2.64. The fourth-order valence-corrected chi connectivity index (χ4v) is 9.66. The molecule has 362 valence electrons. The van der Waals surface area contributed by atoms with Crippen molar-refractivity contribution in [3.63, 3.8) is 0 Å². The number of aromatic nitrogens is 6. The fourth-order valence-electron chi connectivity index (χ4n) is 7.15. The molecule has 2 aliphatic heterocycles. The fraction of sp³-hybridized carbons (Fsp3) is 0.778. The molecule has 2 saturated heterocycles. The Bertz CT molecular complexity index is 1720. The zero-order chi connectivity index (χ0) is 47.3. The molecule has 2 aromatic heterocycles. The van der Waals surface area contributed by atoms with Crippen molar-refractivity contribution in [2.24, 2.45) is 0 Å². The number of nitrogens with one attached hydrogen (secondary N) is 2. The third-order valence-electron chi connectivity index (χ3n) is 9.98. The van der Waals surface area contributed by atoms with Gasteiger partial charge in [0.15, 0.2) is 0 Å². The third-order valence-corrected chi connectivity index (χ3v) is 12.7. The van der Waals surface area contributed by atoms with Crippen LogP contribution in [0.1, 0.15) is 63.8 Å². The monoisotopic (exact) mass is 954 g/mol. The Balaban J connectivity index is 1.16. The van der Waals surface area contributed by atoms with Crippen LogP contribution in [0.25, 0.3) is 0 Å². The molecule has 26 nitrogen and oxygen atoms in total. The maximum atomic E-state index is 12.5. The topological polar surface area (TPSA) is 393 Å². The van der Waals surface area contributed by atoms with E-state index in [1.165, 1.54) is 9.36 Å². The number of ether oxygens (including phenoxy) is 4. The molecule has 0 saturated carbocycles. The summed E-state index contributed by atoms with van der Waals surface area (Å²) in [6.45, 7) is 1.81. The van der Waals surface area contributed by atoms with Gasteiger partial charge < -0.3 is 80.6 Å². The average molecular weight is 955 g/mol. The number of thioether (sulfide) groups is 2. The Labute approximate surface area is 374 Å². The lowest BCUT2D eigenvalue weighted by molar-refractivity contribution is -0.219. The second-order valence-corrected chi connectivity index (χ2v) is 18.3. The minimum atomic E-state index is -2.11. The van der Waals surface area contributed by atoms with Gasteiger partial charge in [0.2, 0.25) is 21.7 Å². The first-order chi connectivity index (χ1) is 30.2. The van der Waals surface area contributed by atoms with Gasteiger partial charge in [-0.15, -0.1) is 33.7 Å². The van der Waals surface area contributed by atoms with Gasteiger partial charge in [-0.05, 0) is 24.3 Å². The number of aliphatic carboxylic acids is 2. The van der Waals surface area contributed by atoms with Crippen LogP contribution < -0.4 is 10.6 Å². The van der Waals surface area contributed by atoms with E-state index in [-0.39, 0.29) is 37.9 Å². The molecule has 0 spiro atoms. The molecule has 2 aliphatic rings. The number of nitrogens with zero attached hydrogens (tertiary/aromatic N) is 6. The molecule has 64 heavy (non-hydrogen) atoms. The summed E-state index contributed by atoms with van der Waals surface area (Å²) in [6.07, 6.45) is -7.73. The molecule has 10 atom stereocenters. The van der Waals surface area contributed by atoms with Gasteiger partial charge in [-0.25, -0.2) is 9.59 Å². The smallest absolute Gasteiger partial charge is 0.346 e. The highest BCUT2D eigenvalue weighted by molar-refractivity contribution is 8.01. The molecule has 4 unspecified atom stereocenters. The number of amides is 2. The van der Waals surface area contributed by atoms with Gasteiger partial charge in [-0.1, -0.05) is 10.4 Å². The standard InChI is InChI=1S/C36H58N8O18S2/c1-21(47)37-33(57)11-27(29(51)25(49)15-45)61-35(19-33,31(53)54)63-9-3-5-43-13-23(39-41-43)17-59-7-8-60-18-24-14-44(42-40-24)6-4-10-64-36(32(55)56)20-34(58,38-22(2)48)12-28(62-36)30(52)26(50)16-46/h13-14,25-30,45-46,49-52,57-58H,3-12,15-20H2,1-2H3,(H,37,47)(H,38,48)(H,53,54)(H,55,56)/t25?,26?,27-,28-,29?,30?,33-,34-,35-,36-/m1/s1. The predicted octanol–water partition coefficient (Wildman–Crippen LogP) is -4.15. The van der Waals surface area contributed by atoms with Crippen LogP contribution in [0.5, 0.6) is 0 Å². The van der Waals surface area contributed by atoms with Crippen LogP contribution in [0.2, 0.25) is 0 Å². The first-order valence-corrected chi connectivity index (χ1v) is 22.1. The number of aliphatic hydroxyl groups is 8. The molecular weight excluding hydrogens is 897 g/mol. The van der Waals surface area contributed by atoms with Gasteiger partial charge in [-0.3, -0.25) is 19.0 Å². The number of carbonyl (C=O) groups excluding carboxylic acids is 2. The van der Waals surface area contributed by atoms with Gasteiger partial charge >= 0.3 is 11.9 Å². The Morgan fingerprint density at radius 1 is 0.734 bits per heavy atom. The zero-order valence-corrected chi connectivity index (χ0v) is 36.8. The number of hydrogen-bond acceptors (Lipinski definition) is 22. The molecule has 12 N–H and O–H groups in total. The maximum absolute atomic E-state index is 12.5. The third kappa shape index (κ3) is 15.0. The van der Waals surface area contributed by atoms with Crippen molar-refractivity contribution in [1.82, 2.24) is 40.6 Å². The van der Waals surface area contributed by atoms with Crippen LogP contribution in [-0.4, -0.2) is 201 Å². The van der Waals surface area contributed by atoms with Crippen molar-refractivity contribution in [3.8, 4) is 0 Å². The Morgan fingerprint density at radius 3 is 1.44 bits per heavy atom. The molecule has 0 aliphatic carbocycles. The van der Waals surface area contributed by atoms with Crippen LogP contribution in [0.4, 0.5) is 0 Å². The van der Waals surface area contributed by atoms with E-state index >= 15 is 0 Å².